The van der Waals surface area contributed by atoms with Crippen LogP contribution in [0.4, 0.5) is 0 Å². The third-order valence-electron chi connectivity index (χ3n) is 3.21. The number of carbonyl (C=O) groups is 1. The number of allylic oxidation sites excluding steroid dienone is 1. The van der Waals surface area contributed by atoms with Gasteiger partial charge in [-0.05, 0) is 38.2 Å². The number of carbonyl (C=O) groups excluding carboxylic acids is 1. The zero-order valence-corrected chi connectivity index (χ0v) is 9.29. The summed E-state index contributed by atoms with van der Waals surface area (Å²) >= 11 is 0. The summed E-state index contributed by atoms with van der Waals surface area (Å²) in [5, 5.41) is 3.25. The molecule has 1 aliphatic heterocycles. The molecule has 2 aliphatic rings. The number of morpholine rings is 1. The number of hydrogen-bond acceptors (Lipinski definition) is 3. The molecule has 0 bridgehead atoms. The van der Waals surface area contributed by atoms with E-state index in [4.69, 9.17) is 4.74 Å². The van der Waals surface area contributed by atoms with Gasteiger partial charge in [0.25, 0.3) is 0 Å². The Balaban J connectivity index is 2.02. The maximum Gasteiger partial charge on any atom is 0.178 e. The summed E-state index contributed by atoms with van der Waals surface area (Å²) in [6.07, 6.45) is 6.50. The highest BCUT2D eigenvalue weighted by atomic mass is 16.5. The van der Waals surface area contributed by atoms with Crippen LogP contribution in [-0.4, -0.2) is 31.1 Å². The fourth-order valence-electron chi connectivity index (χ4n) is 2.29. The van der Waals surface area contributed by atoms with Crippen LogP contribution in [0.25, 0.3) is 0 Å². The van der Waals surface area contributed by atoms with E-state index < -0.39 is 0 Å². The third kappa shape index (κ3) is 2.47. The van der Waals surface area contributed by atoms with Crippen molar-refractivity contribution >= 4 is 5.78 Å². The lowest BCUT2D eigenvalue weighted by atomic mass is 9.91. The van der Waals surface area contributed by atoms with Gasteiger partial charge in [0.15, 0.2) is 5.78 Å². The second kappa shape index (κ2) is 4.90. The minimum atomic E-state index is -0.122. The molecule has 1 aliphatic carbocycles. The Morgan fingerprint density at radius 2 is 2.40 bits per heavy atom. The molecule has 1 fully saturated rings. The number of nitrogens with one attached hydrogen (secondary N) is 1. The van der Waals surface area contributed by atoms with Crippen molar-refractivity contribution in [3.8, 4) is 0 Å². The van der Waals surface area contributed by atoms with Crippen molar-refractivity contribution in [1.29, 1.82) is 0 Å². The molecule has 0 amide bonds. The van der Waals surface area contributed by atoms with E-state index in [0.717, 1.165) is 31.4 Å². The Kier molecular flexibility index (Phi) is 3.54. The van der Waals surface area contributed by atoms with Crippen LogP contribution in [0.3, 0.4) is 0 Å². The van der Waals surface area contributed by atoms with Gasteiger partial charge in [-0.15, -0.1) is 0 Å². The molecule has 0 aromatic heterocycles. The number of hydrogen-bond donors (Lipinski definition) is 1. The van der Waals surface area contributed by atoms with Gasteiger partial charge in [-0.3, -0.25) is 4.79 Å². The molecule has 1 N–H and O–H groups in total. The van der Waals surface area contributed by atoms with Crippen molar-refractivity contribution in [3.63, 3.8) is 0 Å². The van der Waals surface area contributed by atoms with Gasteiger partial charge >= 0.3 is 0 Å². The Morgan fingerprint density at radius 3 is 3.07 bits per heavy atom. The highest BCUT2D eigenvalue weighted by Gasteiger charge is 2.30. The lowest BCUT2D eigenvalue weighted by Gasteiger charge is -2.30. The van der Waals surface area contributed by atoms with Crippen LogP contribution in [0.5, 0.6) is 0 Å². The van der Waals surface area contributed by atoms with Gasteiger partial charge < -0.3 is 10.1 Å². The molecule has 0 saturated carbocycles. The fourth-order valence-corrected chi connectivity index (χ4v) is 2.29. The Labute approximate surface area is 90.9 Å². The molecular weight excluding hydrogens is 190 g/mol. The SMILES string of the molecule is CC1OCCNC1C(=O)C1=CCCCC1. The van der Waals surface area contributed by atoms with Crippen molar-refractivity contribution in [2.75, 3.05) is 13.2 Å². The smallest absolute Gasteiger partial charge is 0.178 e. The number of Topliss-reactive ketones (excluding diaryl/α,β-unsaturated/α-hetero) is 1. The Morgan fingerprint density at radius 1 is 1.53 bits per heavy atom. The average Bonchev–Trinajstić information content (AvgIpc) is 2.30. The zero-order chi connectivity index (χ0) is 10.7. The van der Waals surface area contributed by atoms with Crippen LogP contribution in [-0.2, 0) is 9.53 Å². The topological polar surface area (TPSA) is 38.3 Å². The lowest BCUT2D eigenvalue weighted by Crippen LogP contribution is -2.52. The summed E-state index contributed by atoms with van der Waals surface area (Å²) in [7, 11) is 0. The van der Waals surface area contributed by atoms with E-state index in [9.17, 15) is 4.79 Å². The van der Waals surface area contributed by atoms with Gasteiger partial charge in [0.1, 0.15) is 0 Å². The number of ketones is 1. The zero-order valence-electron chi connectivity index (χ0n) is 9.29. The van der Waals surface area contributed by atoms with Crippen LogP contribution >= 0.6 is 0 Å². The van der Waals surface area contributed by atoms with Crippen molar-refractivity contribution in [2.45, 2.75) is 44.8 Å². The second-order valence-electron chi connectivity index (χ2n) is 4.35. The largest absolute Gasteiger partial charge is 0.375 e. The number of ether oxygens (including phenoxy) is 1. The third-order valence-corrected chi connectivity index (χ3v) is 3.21. The highest BCUT2D eigenvalue weighted by molar-refractivity contribution is 6.00. The van der Waals surface area contributed by atoms with Gasteiger partial charge in [0.2, 0.25) is 0 Å². The monoisotopic (exact) mass is 209 g/mol. The summed E-state index contributed by atoms with van der Waals surface area (Å²) in [5.41, 5.74) is 1.01. The standard InChI is InChI=1S/C12H19NO2/c1-9-11(13-7-8-15-9)12(14)10-5-3-2-4-6-10/h5,9,11,13H,2-4,6-8H2,1H3. The van der Waals surface area contributed by atoms with Gasteiger partial charge in [0.05, 0.1) is 18.8 Å². The van der Waals surface area contributed by atoms with Gasteiger partial charge in [-0.2, -0.15) is 0 Å². The molecule has 0 aromatic rings. The highest BCUT2D eigenvalue weighted by Crippen LogP contribution is 2.21. The lowest BCUT2D eigenvalue weighted by molar-refractivity contribution is -0.123. The van der Waals surface area contributed by atoms with E-state index in [1.54, 1.807) is 0 Å². The predicted molar refractivity (Wildman–Crippen MR) is 58.8 cm³/mol. The first-order chi connectivity index (χ1) is 7.29. The Bertz CT molecular complexity index is 273. The molecule has 2 atom stereocenters. The minimum Gasteiger partial charge on any atom is -0.375 e. The van der Waals surface area contributed by atoms with E-state index >= 15 is 0 Å². The molecule has 3 heteroatoms. The van der Waals surface area contributed by atoms with E-state index in [1.165, 1.54) is 6.42 Å². The molecule has 0 radical (unpaired) electrons. The summed E-state index contributed by atoms with van der Waals surface area (Å²) in [4.78, 5) is 12.2. The molecule has 0 spiro atoms. The molecular formula is C12H19NO2. The van der Waals surface area contributed by atoms with Gasteiger partial charge in [-0.1, -0.05) is 6.08 Å². The molecule has 2 unspecified atom stereocenters. The first kappa shape index (κ1) is 10.8. The molecule has 15 heavy (non-hydrogen) atoms. The summed E-state index contributed by atoms with van der Waals surface area (Å²) in [6.45, 7) is 3.47. The normalized spacial score (nSPS) is 32.2. The van der Waals surface area contributed by atoms with Crippen molar-refractivity contribution < 1.29 is 9.53 Å². The van der Waals surface area contributed by atoms with Crippen LogP contribution in [0, 0.1) is 0 Å². The van der Waals surface area contributed by atoms with E-state index in [-0.39, 0.29) is 17.9 Å². The van der Waals surface area contributed by atoms with Crippen LogP contribution in [0.1, 0.15) is 32.6 Å². The fraction of sp³-hybridized carbons (Fsp3) is 0.750. The van der Waals surface area contributed by atoms with Crippen LogP contribution < -0.4 is 5.32 Å². The minimum absolute atomic E-state index is 0.00840. The average molecular weight is 209 g/mol. The summed E-state index contributed by atoms with van der Waals surface area (Å²) < 4.78 is 5.49. The van der Waals surface area contributed by atoms with Crippen molar-refractivity contribution in [3.05, 3.63) is 11.6 Å². The van der Waals surface area contributed by atoms with Gasteiger partial charge in [0, 0.05) is 6.54 Å². The molecule has 84 valence electrons. The first-order valence-corrected chi connectivity index (χ1v) is 5.87. The molecule has 1 heterocycles. The van der Waals surface area contributed by atoms with Gasteiger partial charge in [-0.25, -0.2) is 0 Å². The maximum absolute atomic E-state index is 12.2. The van der Waals surface area contributed by atoms with Crippen LogP contribution in [0.2, 0.25) is 0 Å². The molecule has 0 aromatic carbocycles. The quantitative estimate of drug-likeness (QED) is 0.747. The molecule has 2 rings (SSSR count). The van der Waals surface area contributed by atoms with E-state index in [0.29, 0.717) is 6.61 Å². The molecule has 1 saturated heterocycles. The maximum atomic E-state index is 12.2. The van der Waals surface area contributed by atoms with E-state index in [2.05, 4.69) is 11.4 Å². The second-order valence-corrected chi connectivity index (χ2v) is 4.35. The molecule has 3 nitrogen and oxygen atoms in total. The van der Waals surface area contributed by atoms with Crippen molar-refractivity contribution in [1.82, 2.24) is 5.32 Å². The van der Waals surface area contributed by atoms with Crippen molar-refractivity contribution in [2.24, 2.45) is 0 Å². The predicted octanol–water partition coefficient (Wildman–Crippen LogP) is 1.43. The summed E-state index contributed by atoms with van der Waals surface area (Å²) in [6, 6.07) is -0.122. The number of rotatable bonds is 2. The van der Waals surface area contributed by atoms with Crippen LogP contribution in [0.15, 0.2) is 11.6 Å². The first-order valence-electron chi connectivity index (χ1n) is 5.87. The van der Waals surface area contributed by atoms with E-state index in [1.807, 2.05) is 6.92 Å². The summed E-state index contributed by atoms with van der Waals surface area (Å²) in [5.74, 6) is 0.252. The Hall–Kier alpha value is -0.670.